The van der Waals surface area contributed by atoms with Crippen molar-refractivity contribution in [1.82, 2.24) is 4.31 Å². The highest BCUT2D eigenvalue weighted by Gasteiger charge is 2.40. The maximum Gasteiger partial charge on any atom is 0.322 e. The molecule has 0 bridgehead atoms. The lowest BCUT2D eigenvalue weighted by molar-refractivity contribution is -0.143. The molecule has 0 aliphatic carbocycles. The van der Waals surface area contributed by atoms with E-state index >= 15 is 0 Å². The predicted octanol–water partition coefficient (Wildman–Crippen LogP) is 2.52. The van der Waals surface area contributed by atoms with Crippen molar-refractivity contribution in [2.75, 3.05) is 6.54 Å². The van der Waals surface area contributed by atoms with Crippen LogP contribution in [0, 0.1) is 12.8 Å². The largest absolute Gasteiger partial charge is 0.480 e. The third kappa shape index (κ3) is 3.22. The van der Waals surface area contributed by atoms with Gasteiger partial charge in [0.05, 0.1) is 4.90 Å². The Morgan fingerprint density at radius 2 is 2.10 bits per heavy atom. The standard InChI is InChI=1S/C14H18ClNO4S/c1-9-5-6-16(12(7-9)14(17)18)21(19,20)13-8-11(15)4-3-10(13)2/h3-4,8-9,12H,5-7H2,1-2H3,(H,17,18). The Morgan fingerprint density at radius 3 is 2.71 bits per heavy atom. The van der Waals surface area contributed by atoms with Crippen molar-refractivity contribution in [2.45, 2.75) is 37.6 Å². The number of carboxylic acid groups (broad SMARTS) is 1. The number of aliphatic carboxylic acids is 1. The fourth-order valence-corrected chi connectivity index (χ4v) is 4.71. The summed E-state index contributed by atoms with van der Waals surface area (Å²) in [5, 5.41) is 9.64. The number of aryl methyl sites for hydroxylation is 1. The Balaban J connectivity index is 2.46. The zero-order valence-corrected chi connectivity index (χ0v) is 13.5. The maximum absolute atomic E-state index is 12.8. The number of hydrogen-bond donors (Lipinski definition) is 1. The summed E-state index contributed by atoms with van der Waals surface area (Å²) in [6.07, 6.45) is 0.983. The molecule has 0 amide bonds. The third-order valence-corrected chi connectivity index (χ3v) is 6.12. The number of rotatable bonds is 3. The Hall–Kier alpha value is -1.11. The number of benzene rings is 1. The summed E-state index contributed by atoms with van der Waals surface area (Å²) in [6, 6.07) is 3.60. The number of carboxylic acids is 1. The minimum Gasteiger partial charge on any atom is -0.480 e. The van der Waals surface area contributed by atoms with Gasteiger partial charge in [0.2, 0.25) is 10.0 Å². The molecule has 1 aromatic carbocycles. The molecule has 1 fully saturated rings. The second-order valence-corrected chi connectivity index (χ2v) is 7.80. The molecule has 1 heterocycles. The zero-order valence-electron chi connectivity index (χ0n) is 11.9. The molecule has 7 heteroatoms. The highest BCUT2D eigenvalue weighted by molar-refractivity contribution is 7.89. The summed E-state index contributed by atoms with van der Waals surface area (Å²) >= 11 is 5.88. The van der Waals surface area contributed by atoms with Crippen molar-refractivity contribution < 1.29 is 18.3 Å². The Labute approximate surface area is 129 Å². The van der Waals surface area contributed by atoms with Crippen LogP contribution in [0.1, 0.15) is 25.3 Å². The van der Waals surface area contributed by atoms with Gasteiger partial charge in [-0.05, 0) is 43.4 Å². The summed E-state index contributed by atoms with van der Waals surface area (Å²) < 4.78 is 26.7. The fraction of sp³-hybridized carbons (Fsp3) is 0.500. The van der Waals surface area contributed by atoms with Crippen LogP contribution in [0.5, 0.6) is 0 Å². The molecule has 116 valence electrons. The highest BCUT2D eigenvalue weighted by atomic mass is 35.5. The summed E-state index contributed by atoms with van der Waals surface area (Å²) in [4.78, 5) is 11.5. The Kier molecular flexibility index (Phi) is 4.60. The van der Waals surface area contributed by atoms with Crippen LogP contribution < -0.4 is 0 Å². The Morgan fingerprint density at radius 1 is 1.43 bits per heavy atom. The van der Waals surface area contributed by atoms with E-state index in [-0.39, 0.29) is 17.4 Å². The number of carbonyl (C=O) groups is 1. The minimum atomic E-state index is -3.86. The molecule has 2 unspecified atom stereocenters. The summed E-state index contributed by atoms with van der Waals surface area (Å²) in [7, 11) is -3.86. The van der Waals surface area contributed by atoms with Crippen molar-refractivity contribution in [3.05, 3.63) is 28.8 Å². The van der Waals surface area contributed by atoms with Gasteiger partial charge in [0.1, 0.15) is 6.04 Å². The lowest BCUT2D eigenvalue weighted by atomic mass is 9.94. The molecule has 2 rings (SSSR count). The lowest BCUT2D eigenvalue weighted by Gasteiger charge is -2.35. The smallest absolute Gasteiger partial charge is 0.322 e. The molecule has 1 N–H and O–H groups in total. The van der Waals surface area contributed by atoms with E-state index in [2.05, 4.69) is 0 Å². The SMILES string of the molecule is Cc1ccc(Cl)cc1S(=O)(=O)N1CCC(C)CC1C(=O)O. The van der Waals surface area contributed by atoms with Gasteiger partial charge in [-0.15, -0.1) is 0 Å². The molecule has 0 aromatic heterocycles. The van der Waals surface area contributed by atoms with Crippen molar-refractivity contribution in [3.8, 4) is 0 Å². The third-order valence-electron chi connectivity index (χ3n) is 3.84. The van der Waals surface area contributed by atoms with E-state index in [1.165, 1.54) is 6.07 Å². The van der Waals surface area contributed by atoms with E-state index in [1.807, 2.05) is 6.92 Å². The molecule has 0 spiro atoms. The quantitative estimate of drug-likeness (QED) is 0.923. The average molecular weight is 332 g/mol. The van der Waals surface area contributed by atoms with Gasteiger partial charge in [-0.3, -0.25) is 4.79 Å². The number of piperidine rings is 1. The van der Waals surface area contributed by atoms with Crippen LogP contribution in [0.2, 0.25) is 5.02 Å². The van der Waals surface area contributed by atoms with E-state index in [1.54, 1.807) is 19.1 Å². The van der Waals surface area contributed by atoms with E-state index in [4.69, 9.17) is 11.6 Å². The van der Waals surface area contributed by atoms with Crippen molar-refractivity contribution >= 4 is 27.6 Å². The van der Waals surface area contributed by atoms with Crippen molar-refractivity contribution in [1.29, 1.82) is 0 Å². The first-order valence-corrected chi connectivity index (χ1v) is 8.56. The molecule has 1 aliphatic heterocycles. The topological polar surface area (TPSA) is 74.7 Å². The molecular weight excluding hydrogens is 314 g/mol. The van der Waals surface area contributed by atoms with Gasteiger partial charge >= 0.3 is 5.97 Å². The molecule has 0 radical (unpaired) electrons. The van der Waals surface area contributed by atoms with Crippen LogP contribution in [0.25, 0.3) is 0 Å². The number of sulfonamides is 1. The lowest BCUT2D eigenvalue weighted by Crippen LogP contribution is -2.49. The molecule has 21 heavy (non-hydrogen) atoms. The molecule has 1 saturated heterocycles. The first-order valence-electron chi connectivity index (χ1n) is 6.74. The van der Waals surface area contributed by atoms with Gasteiger partial charge in [-0.1, -0.05) is 24.6 Å². The molecule has 2 atom stereocenters. The van der Waals surface area contributed by atoms with Crippen LogP contribution in [0.3, 0.4) is 0 Å². The molecule has 1 aliphatic rings. The molecule has 0 saturated carbocycles. The van der Waals surface area contributed by atoms with Crippen LogP contribution in [-0.2, 0) is 14.8 Å². The first-order chi connectivity index (χ1) is 9.73. The number of nitrogens with zero attached hydrogens (tertiary/aromatic N) is 1. The van der Waals surface area contributed by atoms with Gasteiger partial charge < -0.3 is 5.11 Å². The fourth-order valence-electron chi connectivity index (χ4n) is 2.61. The number of hydrogen-bond acceptors (Lipinski definition) is 3. The van der Waals surface area contributed by atoms with E-state index in [0.717, 1.165) is 4.31 Å². The van der Waals surface area contributed by atoms with Gasteiger partial charge in [0.15, 0.2) is 0 Å². The summed E-state index contributed by atoms with van der Waals surface area (Å²) in [6.45, 7) is 3.82. The minimum absolute atomic E-state index is 0.0794. The van der Waals surface area contributed by atoms with E-state index in [9.17, 15) is 18.3 Å². The van der Waals surface area contributed by atoms with Crippen LogP contribution in [0.15, 0.2) is 23.1 Å². The van der Waals surface area contributed by atoms with Gasteiger partial charge in [0, 0.05) is 11.6 Å². The molecule has 5 nitrogen and oxygen atoms in total. The summed E-state index contributed by atoms with van der Waals surface area (Å²) in [5.74, 6) is -0.914. The Bertz CT molecular complexity index is 659. The second-order valence-electron chi connectivity index (χ2n) is 5.51. The van der Waals surface area contributed by atoms with E-state index in [0.29, 0.717) is 23.4 Å². The maximum atomic E-state index is 12.8. The van der Waals surface area contributed by atoms with Crippen LogP contribution in [-0.4, -0.2) is 36.4 Å². The normalized spacial score (nSPS) is 24.0. The number of halogens is 1. The van der Waals surface area contributed by atoms with Gasteiger partial charge in [0.25, 0.3) is 0 Å². The van der Waals surface area contributed by atoms with Gasteiger partial charge in [-0.25, -0.2) is 8.42 Å². The summed E-state index contributed by atoms with van der Waals surface area (Å²) in [5.41, 5.74) is 0.558. The molecule has 1 aromatic rings. The monoisotopic (exact) mass is 331 g/mol. The van der Waals surface area contributed by atoms with Crippen LogP contribution >= 0.6 is 11.6 Å². The van der Waals surface area contributed by atoms with Crippen molar-refractivity contribution in [3.63, 3.8) is 0 Å². The molecular formula is C14H18ClNO4S. The predicted molar refractivity (Wildman–Crippen MR) is 79.9 cm³/mol. The van der Waals surface area contributed by atoms with Crippen LogP contribution in [0.4, 0.5) is 0 Å². The highest BCUT2D eigenvalue weighted by Crippen LogP contribution is 2.31. The first kappa shape index (κ1) is 16.3. The van der Waals surface area contributed by atoms with E-state index < -0.39 is 22.0 Å². The average Bonchev–Trinajstić information content (AvgIpc) is 2.41. The van der Waals surface area contributed by atoms with Crippen molar-refractivity contribution in [2.24, 2.45) is 5.92 Å². The second kappa shape index (κ2) is 5.94. The zero-order chi connectivity index (χ0) is 15.8. The van der Waals surface area contributed by atoms with Gasteiger partial charge in [-0.2, -0.15) is 4.31 Å².